The third-order valence-corrected chi connectivity index (χ3v) is 2.82. The van der Waals surface area contributed by atoms with E-state index in [1.165, 1.54) is 0 Å². The zero-order valence-corrected chi connectivity index (χ0v) is 9.13. The second-order valence-corrected chi connectivity index (χ2v) is 4.17. The van der Waals surface area contributed by atoms with E-state index in [4.69, 9.17) is 0 Å². The highest BCUT2D eigenvalue weighted by molar-refractivity contribution is 7.99. The van der Waals surface area contributed by atoms with Gasteiger partial charge in [0.1, 0.15) is 0 Å². The van der Waals surface area contributed by atoms with Gasteiger partial charge in [0.05, 0.1) is 4.92 Å². The largest absolute Gasteiger partial charge is 0.272 e. The molecule has 4 heteroatoms. The lowest BCUT2D eigenvalue weighted by Crippen LogP contribution is -1.94. The molecule has 1 aromatic rings. The molecular weight excluding hydrogens is 198 g/mol. The highest BCUT2D eigenvalue weighted by Crippen LogP contribution is 2.26. The fraction of sp³-hybridized carbons (Fsp3) is 0.400. The molecule has 0 saturated carbocycles. The lowest BCUT2D eigenvalue weighted by atomic mass is 10.1. The fourth-order valence-corrected chi connectivity index (χ4v) is 2.00. The van der Waals surface area contributed by atoms with E-state index in [-0.39, 0.29) is 10.6 Å². The van der Waals surface area contributed by atoms with Gasteiger partial charge in [0.2, 0.25) is 0 Å². The number of benzene rings is 1. The van der Waals surface area contributed by atoms with Gasteiger partial charge in [0, 0.05) is 16.5 Å². The average molecular weight is 211 g/mol. The lowest BCUT2D eigenvalue weighted by Gasteiger charge is -2.02. The average Bonchev–Trinajstić information content (AvgIpc) is 2.17. The van der Waals surface area contributed by atoms with Crippen LogP contribution >= 0.6 is 11.8 Å². The first-order chi connectivity index (χ1) is 6.69. The smallest absolute Gasteiger partial charge is 0.258 e. The zero-order chi connectivity index (χ0) is 10.6. The van der Waals surface area contributed by atoms with Gasteiger partial charge in [-0.3, -0.25) is 10.1 Å². The molecule has 0 N–H and O–H groups in total. The molecule has 0 atom stereocenters. The monoisotopic (exact) mass is 211 g/mol. The van der Waals surface area contributed by atoms with E-state index < -0.39 is 0 Å². The van der Waals surface area contributed by atoms with E-state index in [1.807, 2.05) is 19.1 Å². The molecule has 0 radical (unpaired) electrons. The van der Waals surface area contributed by atoms with Gasteiger partial charge < -0.3 is 0 Å². The molecule has 0 amide bonds. The standard InChI is InChI=1S/C10H13NO2S/c1-3-8-7-9(14-4-2)5-6-10(8)11(12)13/h5-7H,3-4H2,1-2H3. The van der Waals surface area contributed by atoms with Gasteiger partial charge in [-0.25, -0.2) is 0 Å². The molecule has 0 spiro atoms. The summed E-state index contributed by atoms with van der Waals surface area (Å²) in [5, 5.41) is 10.6. The van der Waals surface area contributed by atoms with Crippen molar-refractivity contribution >= 4 is 17.4 Å². The summed E-state index contributed by atoms with van der Waals surface area (Å²) >= 11 is 1.70. The van der Waals surface area contributed by atoms with Crippen molar-refractivity contribution in [3.63, 3.8) is 0 Å². The molecular formula is C10H13NO2S. The van der Waals surface area contributed by atoms with Crippen LogP contribution in [0.25, 0.3) is 0 Å². The minimum atomic E-state index is -0.320. The van der Waals surface area contributed by atoms with Gasteiger partial charge in [0.25, 0.3) is 5.69 Å². The van der Waals surface area contributed by atoms with E-state index in [0.29, 0.717) is 6.42 Å². The summed E-state index contributed by atoms with van der Waals surface area (Å²) in [5.41, 5.74) is 1.04. The Hall–Kier alpha value is -1.03. The van der Waals surface area contributed by atoms with E-state index >= 15 is 0 Å². The minimum absolute atomic E-state index is 0.230. The molecule has 0 aromatic heterocycles. The summed E-state index contributed by atoms with van der Waals surface area (Å²) in [4.78, 5) is 11.4. The SMILES string of the molecule is CCSc1ccc([N+](=O)[O-])c(CC)c1. The first-order valence-corrected chi connectivity index (χ1v) is 5.57. The Labute approximate surface area is 87.7 Å². The second kappa shape index (κ2) is 5.00. The summed E-state index contributed by atoms with van der Waals surface area (Å²) in [6.45, 7) is 4.00. The molecule has 0 saturated heterocycles. The Kier molecular flexibility index (Phi) is 3.95. The molecule has 76 valence electrons. The van der Waals surface area contributed by atoms with Crippen LogP contribution in [-0.4, -0.2) is 10.7 Å². The summed E-state index contributed by atoms with van der Waals surface area (Å²) in [6.07, 6.45) is 0.703. The first-order valence-electron chi connectivity index (χ1n) is 4.59. The van der Waals surface area contributed by atoms with Crippen molar-refractivity contribution in [3.05, 3.63) is 33.9 Å². The number of hydrogen-bond donors (Lipinski definition) is 0. The van der Waals surface area contributed by atoms with Crippen LogP contribution in [0.5, 0.6) is 0 Å². The molecule has 14 heavy (non-hydrogen) atoms. The van der Waals surface area contributed by atoms with Crippen LogP contribution in [-0.2, 0) is 6.42 Å². The highest BCUT2D eigenvalue weighted by atomic mass is 32.2. The summed E-state index contributed by atoms with van der Waals surface area (Å²) in [5.74, 6) is 0.987. The second-order valence-electron chi connectivity index (χ2n) is 2.83. The van der Waals surface area contributed by atoms with Crippen molar-refractivity contribution in [1.82, 2.24) is 0 Å². The van der Waals surface area contributed by atoms with Crippen LogP contribution in [0.2, 0.25) is 0 Å². The fourth-order valence-electron chi connectivity index (χ4n) is 1.28. The Bertz CT molecular complexity index is 339. The summed E-state index contributed by atoms with van der Waals surface area (Å²) in [7, 11) is 0. The maximum Gasteiger partial charge on any atom is 0.272 e. The topological polar surface area (TPSA) is 43.1 Å². The van der Waals surface area contributed by atoms with Gasteiger partial charge >= 0.3 is 0 Å². The molecule has 0 heterocycles. The van der Waals surface area contributed by atoms with Crippen molar-refractivity contribution in [1.29, 1.82) is 0 Å². The van der Waals surface area contributed by atoms with Gasteiger partial charge in [-0.2, -0.15) is 0 Å². The first kappa shape index (κ1) is 11.0. The van der Waals surface area contributed by atoms with Crippen LogP contribution in [0.15, 0.2) is 23.1 Å². The highest BCUT2D eigenvalue weighted by Gasteiger charge is 2.11. The Balaban J connectivity index is 3.05. The predicted molar refractivity (Wildman–Crippen MR) is 58.9 cm³/mol. The van der Waals surface area contributed by atoms with E-state index in [0.717, 1.165) is 16.2 Å². The van der Waals surface area contributed by atoms with Crippen molar-refractivity contribution in [2.24, 2.45) is 0 Å². The third-order valence-electron chi connectivity index (χ3n) is 1.94. The third kappa shape index (κ3) is 2.48. The summed E-state index contributed by atoms with van der Waals surface area (Å²) in [6, 6.07) is 5.31. The van der Waals surface area contributed by atoms with Crippen LogP contribution < -0.4 is 0 Å². The minimum Gasteiger partial charge on any atom is -0.258 e. The number of thioether (sulfide) groups is 1. The zero-order valence-electron chi connectivity index (χ0n) is 8.32. The Morgan fingerprint density at radius 1 is 1.43 bits per heavy atom. The van der Waals surface area contributed by atoms with Crippen molar-refractivity contribution in [3.8, 4) is 0 Å². The molecule has 0 aliphatic carbocycles. The lowest BCUT2D eigenvalue weighted by molar-refractivity contribution is -0.385. The number of nitro benzene ring substituents is 1. The van der Waals surface area contributed by atoms with Crippen LogP contribution in [0.4, 0.5) is 5.69 Å². The van der Waals surface area contributed by atoms with Gasteiger partial charge in [-0.1, -0.05) is 13.8 Å². The number of rotatable bonds is 4. The molecule has 0 unspecified atom stereocenters. The number of aryl methyl sites for hydroxylation is 1. The van der Waals surface area contributed by atoms with Crippen molar-refractivity contribution < 1.29 is 4.92 Å². The molecule has 0 aliphatic rings. The normalized spacial score (nSPS) is 10.1. The number of nitro groups is 1. The van der Waals surface area contributed by atoms with E-state index in [9.17, 15) is 10.1 Å². The van der Waals surface area contributed by atoms with Crippen LogP contribution in [0.3, 0.4) is 0 Å². The molecule has 0 bridgehead atoms. The molecule has 0 fully saturated rings. The summed E-state index contributed by atoms with van der Waals surface area (Å²) < 4.78 is 0. The predicted octanol–water partition coefficient (Wildman–Crippen LogP) is 3.27. The number of nitrogens with zero attached hydrogens (tertiary/aromatic N) is 1. The maximum absolute atomic E-state index is 10.6. The maximum atomic E-state index is 10.6. The molecule has 1 rings (SSSR count). The van der Waals surface area contributed by atoms with Gasteiger partial charge in [0.15, 0.2) is 0 Å². The molecule has 3 nitrogen and oxygen atoms in total. The van der Waals surface area contributed by atoms with Crippen LogP contribution in [0, 0.1) is 10.1 Å². The number of hydrogen-bond acceptors (Lipinski definition) is 3. The van der Waals surface area contributed by atoms with Crippen molar-refractivity contribution in [2.45, 2.75) is 25.2 Å². The Morgan fingerprint density at radius 3 is 2.64 bits per heavy atom. The Morgan fingerprint density at radius 2 is 2.14 bits per heavy atom. The van der Waals surface area contributed by atoms with Gasteiger partial charge in [-0.05, 0) is 24.3 Å². The molecule has 0 aliphatic heterocycles. The van der Waals surface area contributed by atoms with Crippen LogP contribution in [0.1, 0.15) is 19.4 Å². The molecule has 1 aromatic carbocycles. The van der Waals surface area contributed by atoms with Gasteiger partial charge in [-0.15, -0.1) is 11.8 Å². The van der Waals surface area contributed by atoms with E-state index in [2.05, 4.69) is 6.92 Å². The van der Waals surface area contributed by atoms with Crippen molar-refractivity contribution in [2.75, 3.05) is 5.75 Å². The van der Waals surface area contributed by atoms with E-state index in [1.54, 1.807) is 17.8 Å². The quantitative estimate of drug-likeness (QED) is 0.436.